The van der Waals surface area contributed by atoms with E-state index < -0.39 is 0 Å². The number of hydrogen-bond acceptors (Lipinski definition) is 4. The average Bonchev–Trinajstić information content (AvgIpc) is 3.05. The largest absolute Gasteiger partial charge is 0.497 e. The normalized spacial score (nSPS) is 23.9. The highest BCUT2D eigenvalue weighted by Crippen LogP contribution is 2.39. The lowest BCUT2D eigenvalue weighted by Crippen LogP contribution is -2.41. The minimum absolute atomic E-state index is 0.0642. The van der Waals surface area contributed by atoms with Gasteiger partial charge in [0.2, 0.25) is 11.8 Å². The highest BCUT2D eigenvalue weighted by molar-refractivity contribution is 5.90. The van der Waals surface area contributed by atoms with Gasteiger partial charge in [0.15, 0.2) is 0 Å². The molecule has 2 aliphatic rings. The molecule has 0 unspecified atom stereocenters. The molecule has 2 heterocycles. The fraction of sp³-hybridized carbons (Fsp3) is 0.636. The van der Waals surface area contributed by atoms with Crippen LogP contribution in [0.5, 0.6) is 5.75 Å². The third-order valence-corrected chi connectivity index (χ3v) is 6.29. The first-order chi connectivity index (χ1) is 13.4. The summed E-state index contributed by atoms with van der Waals surface area (Å²) in [7, 11) is 5.68. The van der Waals surface area contributed by atoms with Crippen LogP contribution >= 0.6 is 0 Å². The van der Waals surface area contributed by atoms with Gasteiger partial charge in [-0.3, -0.25) is 9.59 Å². The van der Waals surface area contributed by atoms with E-state index in [1.165, 1.54) is 0 Å². The van der Waals surface area contributed by atoms with Crippen molar-refractivity contribution in [2.75, 3.05) is 47.4 Å². The minimum Gasteiger partial charge on any atom is -0.497 e. The van der Waals surface area contributed by atoms with Crippen LogP contribution in [0.3, 0.4) is 0 Å². The maximum atomic E-state index is 13.3. The molecule has 0 saturated carbocycles. The zero-order chi connectivity index (χ0) is 20.3. The van der Waals surface area contributed by atoms with Crippen molar-refractivity contribution in [2.45, 2.75) is 32.2 Å². The lowest BCUT2D eigenvalue weighted by atomic mass is 9.91. The molecule has 6 nitrogen and oxygen atoms in total. The second-order valence-corrected chi connectivity index (χ2v) is 8.17. The zero-order valence-corrected chi connectivity index (χ0v) is 17.6. The summed E-state index contributed by atoms with van der Waals surface area (Å²) in [5.41, 5.74) is 1.000. The number of benzene rings is 1. The Hall–Kier alpha value is -2.08. The predicted octanol–water partition coefficient (Wildman–Crippen LogP) is 2.40. The lowest BCUT2D eigenvalue weighted by molar-refractivity contribution is -0.136. The van der Waals surface area contributed by atoms with Crippen LogP contribution < -0.4 is 4.74 Å². The van der Waals surface area contributed by atoms with Crippen molar-refractivity contribution in [3.8, 4) is 5.75 Å². The van der Waals surface area contributed by atoms with Crippen molar-refractivity contribution in [3.05, 3.63) is 29.8 Å². The molecular formula is C22H33N3O3. The molecule has 0 bridgehead atoms. The maximum absolute atomic E-state index is 13.3. The highest BCUT2D eigenvalue weighted by atomic mass is 16.5. The summed E-state index contributed by atoms with van der Waals surface area (Å²) < 4.78 is 5.25. The van der Waals surface area contributed by atoms with Crippen molar-refractivity contribution in [1.29, 1.82) is 0 Å². The van der Waals surface area contributed by atoms with Gasteiger partial charge < -0.3 is 19.4 Å². The molecule has 2 saturated heterocycles. The quantitative estimate of drug-likeness (QED) is 0.752. The number of carbonyl (C=O) groups is 2. The van der Waals surface area contributed by atoms with E-state index in [0.717, 1.165) is 43.8 Å². The van der Waals surface area contributed by atoms with Crippen LogP contribution in [0.1, 0.15) is 37.8 Å². The molecule has 0 aromatic heterocycles. The summed E-state index contributed by atoms with van der Waals surface area (Å²) in [4.78, 5) is 32.0. The van der Waals surface area contributed by atoms with E-state index in [4.69, 9.17) is 4.74 Å². The molecule has 6 heteroatoms. The number of nitrogens with zero attached hydrogens (tertiary/aromatic N) is 3. The molecule has 28 heavy (non-hydrogen) atoms. The molecule has 0 radical (unpaired) electrons. The van der Waals surface area contributed by atoms with Gasteiger partial charge >= 0.3 is 0 Å². The first-order valence-electron chi connectivity index (χ1n) is 10.3. The van der Waals surface area contributed by atoms with E-state index in [2.05, 4.69) is 11.9 Å². The van der Waals surface area contributed by atoms with Crippen LogP contribution in [0, 0.1) is 11.8 Å². The number of ether oxygens (including phenoxy) is 1. The van der Waals surface area contributed by atoms with Crippen molar-refractivity contribution in [1.82, 2.24) is 14.7 Å². The Morgan fingerprint density at radius 1 is 1.21 bits per heavy atom. The summed E-state index contributed by atoms with van der Waals surface area (Å²) >= 11 is 0. The Bertz CT molecular complexity index is 683. The molecule has 0 N–H and O–H groups in total. The molecule has 2 fully saturated rings. The Morgan fingerprint density at radius 2 is 1.86 bits per heavy atom. The van der Waals surface area contributed by atoms with Gasteiger partial charge in [0.1, 0.15) is 5.75 Å². The summed E-state index contributed by atoms with van der Waals surface area (Å²) in [6, 6.07) is 7.55. The van der Waals surface area contributed by atoms with Crippen LogP contribution in [0.25, 0.3) is 0 Å². The second kappa shape index (κ2) is 8.95. The fourth-order valence-electron chi connectivity index (χ4n) is 4.60. The van der Waals surface area contributed by atoms with Crippen molar-refractivity contribution in [3.63, 3.8) is 0 Å². The zero-order valence-electron chi connectivity index (χ0n) is 17.6. The predicted molar refractivity (Wildman–Crippen MR) is 109 cm³/mol. The van der Waals surface area contributed by atoms with E-state index in [1.54, 1.807) is 7.11 Å². The molecule has 0 aliphatic carbocycles. The van der Waals surface area contributed by atoms with Crippen LogP contribution in [0.2, 0.25) is 0 Å². The third kappa shape index (κ3) is 4.32. The number of carbonyl (C=O) groups excluding carboxylic acids is 2. The standard InChI is InChI=1S/C22H33N3O3/c1-5-25-20(26)14-19(21(25)17-6-8-18(28-4)9-7-17)22(27)24(3)15-16-10-12-23(2)13-11-16/h6-9,16,19,21H,5,10-15H2,1-4H3/t19-,21+/m1/s1. The molecule has 2 amide bonds. The van der Waals surface area contributed by atoms with E-state index in [1.807, 2.05) is 48.0 Å². The molecule has 2 aliphatic heterocycles. The second-order valence-electron chi connectivity index (χ2n) is 8.17. The lowest BCUT2D eigenvalue weighted by Gasteiger charge is -2.34. The molecular weight excluding hydrogens is 354 g/mol. The van der Waals surface area contributed by atoms with Crippen LogP contribution in [-0.4, -0.2) is 73.9 Å². The van der Waals surface area contributed by atoms with Gasteiger partial charge in [-0.1, -0.05) is 12.1 Å². The van der Waals surface area contributed by atoms with Crippen LogP contribution in [0.15, 0.2) is 24.3 Å². The Labute approximate surface area is 168 Å². The number of likely N-dealkylation sites (tertiary alicyclic amines) is 2. The van der Waals surface area contributed by atoms with E-state index in [0.29, 0.717) is 18.9 Å². The first kappa shape index (κ1) is 20.6. The number of rotatable bonds is 6. The number of piperidine rings is 1. The topological polar surface area (TPSA) is 53.1 Å². The van der Waals surface area contributed by atoms with Gasteiger partial charge in [0.25, 0.3) is 0 Å². The fourth-order valence-corrected chi connectivity index (χ4v) is 4.60. The van der Waals surface area contributed by atoms with Gasteiger partial charge in [0, 0.05) is 26.6 Å². The van der Waals surface area contributed by atoms with Crippen molar-refractivity contribution in [2.24, 2.45) is 11.8 Å². The van der Waals surface area contributed by atoms with Crippen LogP contribution in [-0.2, 0) is 9.59 Å². The van der Waals surface area contributed by atoms with Gasteiger partial charge in [-0.15, -0.1) is 0 Å². The van der Waals surface area contributed by atoms with Gasteiger partial charge in [-0.25, -0.2) is 0 Å². The SMILES string of the molecule is CCN1C(=O)C[C@@H](C(=O)N(C)CC2CCN(C)CC2)[C@@H]1c1ccc(OC)cc1. The summed E-state index contributed by atoms with van der Waals surface area (Å²) in [6.07, 6.45) is 2.54. The van der Waals surface area contributed by atoms with E-state index in [9.17, 15) is 9.59 Å². The Morgan fingerprint density at radius 3 is 2.43 bits per heavy atom. The van der Waals surface area contributed by atoms with Gasteiger partial charge in [0.05, 0.1) is 19.1 Å². The van der Waals surface area contributed by atoms with Gasteiger partial charge in [-0.05, 0) is 63.5 Å². The Balaban J connectivity index is 1.75. The average molecular weight is 388 g/mol. The molecule has 2 atom stereocenters. The summed E-state index contributed by atoms with van der Waals surface area (Å²) in [6.45, 7) is 5.54. The molecule has 3 rings (SSSR count). The summed E-state index contributed by atoms with van der Waals surface area (Å²) in [5, 5.41) is 0. The first-order valence-corrected chi connectivity index (χ1v) is 10.3. The monoisotopic (exact) mass is 387 g/mol. The highest BCUT2D eigenvalue weighted by Gasteiger charge is 2.44. The van der Waals surface area contributed by atoms with E-state index in [-0.39, 0.29) is 23.8 Å². The van der Waals surface area contributed by atoms with Crippen LogP contribution in [0.4, 0.5) is 0 Å². The Kier molecular flexibility index (Phi) is 6.60. The molecule has 0 spiro atoms. The number of methoxy groups -OCH3 is 1. The maximum Gasteiger partial charge on any atom is 0.228 e. The van der Waals surface area contributed by atoms with Crippen molar-refractivity contribution >= 4 is 11.8 Å². The molecule has 154 valence electrons. The molecule has 1 aromatic carbocycles. The minimum atomic E-state index is -0.322. The number of hydrogen-bond donors (Lipinski definition) is 0. The van der Waals surface area contributed by atoms with Crippen molar-refractivity contribution < 1.29 is 14.3 Å². The smallest absolute Gasteiger partial charge is 0.228 e. The van der Waals surface area contributed by atoms with Gasteiger partial charge in [-0.2, -0.15) is 0 Å². The number of amides is 2. The van der Waals surface area contributed by atoms with E-state index >= 15 is 0 Å². The summed E-state index contributed by atoms with van der Waals surface area (Å²) in [5.74, 6) is 1.15. The third-order valence-electron chi connectivity index (χ3n) is 6.29. The molecule has 1 aromatic rings.